The van der Waals surface area contributed by atoms with Gasteiger partial charge in [0.2, 0.25) is 0 Å². The number of nitrogens with one attached hydrogen (secondary N) is 1. The normalized spacial score (nSPS) is 11.1. The van der Waals surface area contributed by atoms with E-state index in [1.54, 1.807) is 0 Å². The van der Waals surface area contributed by atoms with E-state index in [1.807, 2.05) is 20.8 Å². The minimum absolute atomic E-state index is 0.156. The van der Waals surface area contributed by atoms with Crippen LogP contribution in [0.5, 0.6) is 0 Å². The van der Waals surface area contributed by atoms with Crippen LogP contribution in [0.4, 0.5) is 11.5 Å². The summed E-state index contributed by atoms with van der Waals surface area (Å²) >= 11 is 1.34. The molecule has 0 amide bonds. The molecule has 1 N–H and O–H groups in total. The third kappa shape index (κ3) is 3.64. The van der Waals surface area contributed by atoms with Crippen LogP contribution < -0.4 is 5.32 Å². The van der Waals surface area contributed by atoms with Gasteiger partial charge >= 0.3 is 5.97 Å². The Kier molecular flexibility index (Phi) is 4.72. The Morgan fingerprint density at radius 1 is 1.12 bits per heavy atom. The van der Waals surface area contributed by atoms with Gasteiger partial charge in [-0.1, -0.05) is 6.07 Å². The van der Waals surface area contributed by atoms with Crippen LogP contribution in [0.15, 0.2) is 24.5 Å². The number of carbonyl (C=O) groups is 1. The van der Waals surface area contributed by atoms with Gasteiger partial charge in [0.05, 0.1) is 11.5 Å². The van der Waals surface area contributed by atoms with E-state index in [1.165, 1.54) is 28.8 Å². The van der Waals surface area contributed by atoms with Gasteiger partial charge in [-0.15, -0.1) is 11.3 Å². The quantitative estimate of drug-likeness (QED) is 0.673. The number of aryl methyl sites for hydroxylation is 3. The van der Waals surface area contributed by atoms with Gasteiger partial charge < -0.3 is 10.1 Å². The van der Waals surface area contributed by atoms with Crippen molar-refractivity contribution in [2.45, 2.75) is 40.7 Å². The molecule has 2 heterocycles. The number of esters is 1. The smallest absolute Gasteiger partial charge is 0.348 e. The first kappa shape index (κ1) is 17.4. The fourth-order valence-electron chi connectivity index (χ4n) is 2.81. The van der Waals surface area contributed by atoms with Gasteiger partial charge in [-0.25, -0.2) is 14.8 Å². The molecule has 0 saturated heterocycles. The molecule has 0 fully saturated rings. The summed E-state index contributed by atoms with van der Waals surface area (Å²) in [7, 11) is 0. The highest BCUT2D eigenvalue weighted by atomic mass is 32.1. The van der Waals surface area contributed by atoms with Crippen molar-refractivity contribution in [1.29, 1.82) is 0 Å². The van der Waals surface area contributed by atoms with Crippen molar-refractivity contribution in [3.05, 3.63) is 46.1 Å². The van der Waals surface area contributed by atoms with Crippen molar-refractivity contribution >= 4 is 39.0 Å². The molecule has 0 aliphatic heterocycles. The zero-order chi connectivity index (χ0) is 18.1. The molecule has 25 heavy (non-hydrogen) atoms. The van der Waals surface area contributed by atoms with Gasteiger partial charge in [-0.3, -0.25) is 0 Å². The molecule has 130 valence electrons. The third-order valence-corrected chi connectivity index (χ3v) is 4.92. The second-order valence-electron chi connectivity index (χ2n) is 6.41. The molecule has 0 atom stereocenters. The van der Waals surface area contributed by atoms with Crippen molar-refractivity contribution in [2.24, 2.45) is 0 Å². The highest BCUT2D eigenvalue weighted by Gasteiger charge is 2.21. The van der Waals surface area contributed by atoms with E-state index >= 15 is 0 Å². The van der Waals surface area contributed by atoms with Gasteiger partial charge in [0.15, 0.2) is 0 Å². The number of benzene rings is 1. The molecular weight excluding hydrogens is 334 g/mol. The van der Waals surface area contributed by atoms with Crippen LogP contribution in [-0.4, -0.2) is 22.0 Å². The number of fused-ring (bicyclic) bond motifs is 1. The topological polar surface area (TPSA) is 64.1 Å². The average molecular weight is 355 g/mol. The molecule has 0 saturated carbocycles. The maximum atomic E-state index is 12.3. The number of nitrogens with zero attached hydrogens (tertiary/aromatic N) is 2. The minimum atomic E-state index is -0.312. The number of rotatable bonds is 4. The van der Waals surface area contributed by atoms with Gasteiger partial charge in [0.25, 0.3) is 0 Å². The molecule has 0 aliphatic rings. The molecule has 0 radical (unpaired) electrons. The van der Waals surface area contributed by atoms with Crippen molar-refractivity contribution < 1.29 is 9.53 Å². The second kappa shape index (κ2) is 6.80. The van der Waals surface area contributed by atoms with E-state index in [2.05, 4.69) is 47.3 Å². The lowest BCUT2D eigenvalue weighted by atomic mass is 10.1. The number of hydrogen-bond donors (Lipinski definition) is 1. The molecule has 3 aromatic rings. The molecule has 0 aliphatic carbocycles. The molecular formula is C19H21N3O2S. The van der Waals surface area contributed by atoms with Crippen LogP contribution in [0.25, 0.3) is 10.2 Å². The maximum absolute atomic E-state index is 12.3. The highest BCUT2D eigenvalue weighted by Crippen LogP contribution is 2.35. The number of aromatic nitrogens is 2. The summed E-state index contributed by atoms with van der Waals surface area (Å²) in [4.78, 5) is 22.4. The fraction of sp³-hybridized carbons (Fsp3) is 0.316. The Balaban J connectivity index is 2.04. The molecule has 0 unspecified atom stereocenters. The van der Waals surface area contributed by atoms with E-state index in [-0.39, 0.29) is 12.1 Å². The van der Waals surface area contributed by atoms with E-state index in [0.717, 1.165) is 21.5 Å². The fourth-order valence-corrected chi connectivity index (χ4v) is 3.84. The molecule has 1 aromatic carbocycles. The van der Waals surface area contributed by atoms with Crippen molar-refractivity contribution in [3.8, 4) is 0 Å². The van der Waals surface area contributed by atoms with Crippen LogP contribution in [0, 0.1) is 20.8 Å². The SMILES string of the molecule is Cc1cc(C)cc(Nc2ncnc3sc(C(=O)OC(C)C)c(C)c23)c1. The summed E-state index contributed by atoms with van der Waals surface area (Å²) in [5, 5.41) is 4.23. The molecule has 0 spiro atoms. The Hall–Kier alpha value is -2.47. The lowest BCUT2D eigenvalue weighted by molar-refractivity contribution is 0.0383. The lowest BCUT2D eigenvalue weighted by Crippen LogP contribution is -2.11. The van der Waals surface area contributed by atoms with Crippen LogP contribution in [-0.2, 0) is 4.74 Å². The number of carbonyl (C=O) groups excluding carboxylic acids is 1. The lowest BCUT2D eigenvalue weighted by Gasteiger charge is -2.09. The van der Waals surface area contributed by atoms with Crippen molar-refractivity contribution in [3.63, 3.8) is 0 Å². The summed E-state index contributed by atoms with van der Waals surface area (Å²) in [5.74, 6) is 0.389. The summed E-state index contributed by atoms with van der Waals surface area (Å²) < 4.78 is 5.34. The highest BCUT2D eigenvalue weighted by molar-refractivity contribution is 7.20. The summed E-state index contributed by atoms with van der Waals surface area (Å²) in [6.07, 6.45) is 1.36. The minimum Gasteiger partial charge on any atom is -0.459 e. The van der Waals surface area contributed by atoms with Gasteiger partial charge in [0.1, 0.15) is 21.9 Å². The number of hydrogen-bond acceptors (Lipinski definition) is 6. The summed E-state index contributed by atoms with van der Waals surface area (Å²) in [6, 6.07) is 6.25. The monoisotopic (exact) mass is 355 g/mol. The largest absolute Gasteiger partial charge is 0.459 e. The van der Waals surface area contributed by atoms with Crippen LogP contribution in [0.3, 0.4) is 0 Å². The van der Waals surface area contributed by atoms with Crippen LogP contribution in [0.2, 0.25) is 0 Å². The average Bonchev–Trinajstić information content (AvgIpc) is 2.84. The van der Waals surface area contributed by atoms with Crippen LogP contribution in [0.1, 0.15) is 40.2 Å². The molecule has 5 nitrogen and oxygen atoms in total. The van der Waals surface area contributed by atoms with Crippen molar-refractivity contribution in [1.82, 2.24) is 9.97 Å². The Morgan fingerprint density at radius 3 is 2.44 bits per heavy atom. The van der Waals surface area contributed by atoms with Crippen LogP contribution >= 0.6 is 11.3 Å². The molecule has 3 rings (SSSR count). The predicted molar refractivity (Wildman–Crippen MR) is 102 cm³/mol. The van der Waals surface area contributed by atoms with Gasteiger partial charge in [0, 0.05) is 5.69 Å². The molecule has 0 bridgehead atoms. The van der Waals surface area contributed by atoms with Gasteiger partial charge in [-0.05, 0) is 63.4 Å². The summed E-state index contributed by atoms with van der Waals surface area (Å²) in [6.45, 7) is 9.71. The zero-order valence-electron chi connectivity index (χ0n) is 15.0. The molecule has 6 heteroatoms. The molecule has 2 aromatic heterocycles. The Labute approximate surface area is 151 Å². The van der Waals surface area contributed by atoms with E-state index < -0.39 is 0 Å². The summed E-state index contributed by atoms with van der Waals surface area (Å²) in [5.41, 5.74) is 4.17. The van der Waals surface area contributed by atoms with Crippen molar-refractivity contribution in [2.75, 3.05) is 5.32 Å². The first-order valence-electron chi connectivity index (χ1n) is 8.15. The predicted octanol–water partition coefficient (Wildman–Crippen LogP) is 4.93. The third-order valence-electron chi connectivity index (χ3n) is 3.74. The van der Waals surface area contributed by atoms with E-state index in [9.17, 15) is 4.79 Å². The maximum Gasteiger partial charge on any atom is 0.348 e. The number of anilines is 2. The standard InChI is InChI=1S/C19H21N3O2S/c1-10(2)24-19(23)16-13(5)15-17(20-9-21-18(15)25-16)22-14-7-11(3)6-12(4)8-14/h6-10H,1-5H3,(H,20,21,22). The Bertz CT molecular complexity index is 927. The van der Waals surface area contributed by atoms with Gasteiger partial charge in [-0.2, -0.15) is 0 Å². The van der Waals surface area contributed by atoms with E-state index in [4.69, 9.17) is 4.74 Å². The first-order valence-corrected chi connectivity index (χ1v) is 8.97. The first-order chi connectivity index (χ1) is 11.8. The number of thiophene rings is 1. The number of ether oxygens (including phenoxy) is 1. The second-order valence-corrected chi connectivity index (χ2v) is 7.41. The van der Waals surface area contributed by atoms with E-state index in [0.29, 0.717) is 10.7 Å². The Morgan fingerprint density at radius 2 is 1.80 bits per heavy atom. The zero-order valence-corrected chi connectivity index (χ0v) is 15.8.